The normalized spacial score (nSPS) is 21.0. The van der Waals surface area contributed by atoms with E-state index in [1.54, 1.807) is 11.3 Å². The van der Waals surface area contributed by atoms with Gasteiger partial charge >= 0.3 is 0 Å². The molecule has 1 fully saturated rings. The Morgan fingerprint density at radius 3 is 3.18 bits per heavy atom. The second kappa shape index (κ2) is 6.44. The van der Waals surface area contributed by atoms with E-state index < -0.39 is 0 Å². The van der Waals surface area contributed by atoms with Crippen LogP contribution >= 0.6 is 11.3 Å². The number of nitrogens with zero attached hydrogens (tertiary/aromatic N) is 2. The molecule has 0 saturated carbocycles. The van der Waals surface area contributed by atoms with Crippen molar-refractivity contribution in [3.63, 3.8) is 0 Å². The molecule has 5 heteroatoms. The number of rotatable bonds is 5. The first-order valence-corrected chi connectivity index (χ1v) is 7.02. The zero-order chi connectivity index (χ0) is 12.1. The lowest BCUT2D eigenvalue weighted by molar-refractivity contribution is 0.0708. The van der Waals surface area contributed by atoms with Crippen LogP contribution in [0.5, 0.6) is 0 Å². The lowest BCUT2D eigenvalue weighted by Gasteiger charge is -2.26. The molecule has 1 atom stereocenters. The zero-order valence-electron chi connectivity index (χ0n) is 10.6. The van der Waals surface area contributed by atoms with Crippen LogP contribution in [0.1, 0.15) is 17.0 Å². The molecule has 1 aliphatic heterocycles. The van der Waals surface area contributed by atoms with Crippen LogP contribution in [0.2, 0.25) is 0 Å². The van der Waals surface area contributed by atoms with Crippen molar-refractivity contribution in [1.82, 2.24) is 15.2 Å². The molecule has 1 aromatic heterocycles. The Bertz CT molecular complexity index is 336. The topological polar surface area (TPSA) is 37.4 Å². The molecular weight excluding hydrogens is 234 g/mol. The molecule has 17 heavy (non-hydrogen) atoms. The number of nitrogens with one attached hydrogen (secondary N) is 1. The number of morpholine rings is 1. The van der Waals surface area contributed by atoms with Crippen LogP contribution in [0.4, 0.5) is 0 Å². The van der Waals surface area contributed by atoms with Crippen molar-refractivity contribution in [2.75, 3.05) is 33.4 Å². The molecule has 0 amide bonds. The van der Waals surface area contributed by atoms with E-state index >= 15 is 0 Å². The number of hydrogen-bond donors (Lipinski definition) is 1. The lowest BCUT2D eigenvalue weighted by Crippen LogP contribution is -2.42. The Morgan fingerprint density at radius 1 is 1.65 bits per heavy atom. The quantitative estimate of drug-likeness (QED) is 0.859. The molecule has 0 bridgehead atoms. The maximum absolute atomic E-state index is 5.45. The molecule has 2 heterocycles. The van der Waals surface area contributed by atoms with Crippen molar-refractivity contribution < 1.29 is 4.74 Å². The minimum absolute atomic E-state index is 0.522. The molecule has 4 nitrogen and oxygen atoms in total. The fourth-order valence-corrected chi connectivity index (χ4v) is 2.84. The van der Waals surface area contributed by atoms with Gasteiger partial charge in [0.05, 0.1) is 24.4 Å². The van der Waals surface area contributed by atoms with Crippen molar-refractivity contribution >= 4 is 11.3 Å². The Hall–Kier alpha value is -0.490. The molecule has 0 radical (unpaired) electrons. The van der Waals surface area contributed by atoms with Crippen molar-refractivity contribution in [1.29, 1.82) is 0 Å². The van der Waals surface area contributed by atoms with E-state index in [4.69, 9.17) is 4.74 Å². The third-order valence-corrected chi connectivity index (χ3v) is 4.04. The van der Waals surface area contributed by atoms with Crippen molar-refractivity contribution in [2.45, 2.75) is 25.9 Å². The van der Waals surface area contributed by atoms with Crippen molar-refractivity contribution in [3.05, 3.63) is 16.1 Å². The van der Waals surface area contributed by atoms with Gasteiger partial charge in [-0.1, -0.05) is 0 Å². The summed E-state index contributed by atoms with van der Waals surface area (Å²) in [5, 5.41) is 3.48. The van der Waals surface area contributed by atoms with Crippen LogP contribution in [-0.2, 0) is 11.3 Å². The third kappa shape index (κ3) is 4.03. The van der Waals surface area contributed by atoms with Gasteiger partial charge in [0.2, 0.25) is 0 Å². The summed E-state index contributed by atoms with van der Waals surface area (Å²) in [6, 6.07) is 0.522. The molecule has 0 spiro atoms. The van der Waals surface area contributed by atoms with Crippen molar-refractivity contribution in [2.24, 2.45) is 0 Å². The molecular formula is C12H21N3OS. The molecule has 1 unspecified atom stereocenters. The van der Waals surface area contributed by atoms with Crippen LogP contribution in [0.3, 0.4) is 0 Å². The highest BCUT2D eigenvalue weighted by Crippen LogP contribution is 2.14. The van der Waals surface area contributed by atoms with Gasteiger partial charge in [0.25, 0.3) is 0 Å². The smallest absolute Gasteiger partial charge is 0.0798 e. The standard InChI is InChI=1S/C12H21N3OS/c1-10-12(17-9-14-10)7-15(2)5-3-11-8-16-6-4-13-11/h9,11,13H,3-8H2,1-2H3. The van der Waals surface area contributed by atoms with E-state index in [9.17, 15) is 0 Å². The third-order valence-electron chi connectivity index (χ3n) is 3.12. The first-order chi connectivity index (χ1) is 8.25. The average molecular weight is 255 g/mol. The Kier molecular flexibility index (Phi) is 4.91. The maximum atomic E-state index is 5.45. The summed E-state index contributed by atoms with van der Waals surface area (Å²) in [5.74, 6) is 0. The lowest BCUT2D eigenvalue weighted by atomic mass is 10.2. The highest BCUT2D eigenvalue weighted by atomic mass is 32.1. The number of aromatic nitrogens is 1. The second-order valence-corrected chi connectivity index (χ2v) is 5.55. The molecule has 96 valence electrons. The van der Waals surface area contributed by atoms with Gasteiger partial charge in [-0.05, 0) is 26.9 Å². The van der Waals surface area contributed by atoms with Crippen LogP contribution in [0.25, 0.3) is 0 Å². The SMILES string of the molecule is Cc1ncsc1CN(C)CCC1COCCN1. The van der Waals surface area contributed by atoms with Gasteiger partial charge in [-0.2, -0.15) is 0 Å². The van der Waals surface area contributed by atoms with E-state index in [-0.39, 0.29) is 0 Å². The average Bonchev–Trinajstić information content (AvgIpc) is 2.74. The summed E-state index contributed by atoms with van der Waals surface area (Å²) < 4.78 is 5.45. The molecule has 1 aliphatic rings. The highest BCUT2D eigenvalue weighted by Gasteiger charge is 2.14. The Labute approximate surface area is 107 Å². The summed E-state index contributed by atoms with van der Waals surface area (Å²) in [6.45, 7) is 6.88. The van der Waals surface area contributed by atoms with Crippen LogP contribution in [0.15, 0.2) is 5.51 Å². The molecule has 1 saturated heterocycles. The van der Waals surface area contributed by atoms with Gasteiger partial charge in [0.15, 0.2) is 0 Å². The minimum Gasteiger partial charge on any atom is -0.379 e. The first-order valence-electron chi connectivity index (χ1n) is 6.14. The number of hydrogen-bond acceptors (Lipinski definition) is 5. The van der Waals surface area contributed by atoms with Gasteiger partial charge in [-0.3, -0.25) is 0 Å². The van der Waals surface area contributed by atoms with E-state index in [0.29, 0.717) is 6.04 Å². The van der Waals surface area contributed by atoms with Crippen LogP contribution in [-0.4, -0.2) is 49.3 Å². The minimum atomic E-state index is 0.522. The molecule has 0 aromatic carbocycles. The number of aryl methyl sites for hydroxylation is 1. The predicted octanol–water partition coefficient (Wildman–Crippen LogP) is 1.26. The summed E-state index contributed by atoms with van der Waals surface area (Å²) in [7, 11) is 2.17. The second-order valence-electron chi connectivity index (χ2n) is 4.61. The maximum Gasteiger partial charge on any atom is 0.0798 e. The van der Waals surface area contributed by atoms with E-state index in [1.165, 1.54) is 10.6 Å². The first kappa shape index (κ1) is 13.0. The number of ether oxygens (including phenoxy) is 1. The van der Waals surface area contributed by atoms with Crippen molar-refractivity contribution in [3.8, 4) is 0 Å². The fourth-order valence-electron chi connectivity index (χ4n) is 1.98. The molecule has 1 aromatic rings. The number of thiazole rings is 1. The summed E-state index contributed by atoms with van der Waals surface area (Å²) in [5.41, 5.74) is 3.09. The monoisotopic (exact) mass is 255 g/mol. The van der Waals surface area contributed by atoms with Crippen LogP contribution < -0.4 is 5.32 Å². The summed E-state index contributed by atoms with van der Waals surface area (Å²) in [6.07, 6.45) is 1.15. The largest absolute Gasteiger partial charge is 0.379 e. The Morgan fingerprint density at radius 2 is 2.53 bits per heavy atom. The predicted molar refractivity (Wildman–Crippen MR) is 70.4 cm³/mol. The summed E-state index contributed by atoms with van der Waals surface area (Å²) in [4.78, 5) is 8.01. The van der Waals surface area contributed by atoms with Gasteiger partial charge in [0.1, 0.15) is 0 Å². The van der Waals surface area contributed by atoms with Gasteiger partial charge in [-0.15, -0.1) is 11.3 Å². The van der Waals surface area contributed by atoms with E-state index in [1.807, 2.05) is 5.51 Å². The van der Waals surface area contributed by atoms with Crippen LogP contribution in [0, 0.1) is 6.92 Å². The van der Waals surface area contributed by atoms with Gasteiger partial charge in [0, 0.05) is 24.0 Å². The van der Waals surface area contributed by atoms with Gasteiger partial charge < -0.3 is 15.0 Å². The molecule has 0 aliphatic carbocycles. The Balaban J connectivity index is 1.70. The van der Waals surface area contributed by atoms with E-state index in [2.05, 4.69) is 29.2 Å². The molecule has 1 N–H and O–H groups in total. The fraction of sp³-hybridized carbons (Fsp3) is 0.750. The van der Waals surface area contributed by atoms with E-state index in [0.717, 1.165) is 39.3 Å². The highest BCUT2D eigenvalue weighted by molar-refractivity contribution is 7.09. The zero-order valence-corrected chi connectivity index (χ0v) is 11.4. The van der Waals surface area contributed by atoms with Gasteiger partial charge in [-0.25, -0.2) is 4.98 Å². The summed E-state index contributed by atoms with van der Waals surface area (Å²) >= 11 is 1.75. The molecule has 2 rings (SSSR count).